The number of guanidine groups is 1. The molecule has 148 valence electrons. The highest BCUT2D eigenvalue weighted by Gasteiger charge is 2.16. The van der Waals surface area contributed by atoms with Crippen molar-refractivity contribution < 1.29 is 4.74 Å². The normalized spacial score (nSPS) is 17.1. The average Bonchev–Trinajstić information content (AvgIpc) is 3.27. The lowest BCUT2D eigenvalue weighted by Crippen LogP contribution is -2.46. The summed E-state index contributed by atoms with van der Waals surface area (Å²) in [7, 11) is 0. The van der Waals surface area contributed by atoms with E-state index in [9.17, 15) is 0 Å². The third-order valence-corrected chi connectivity index (χ3v) is 5.17. The lowest BCUT2D eigenvalue weighted by molar-refractivity contribution is 0.225. The van der Waals surface area contributed by atoms with Crippen LogP contribution >= 0.6 is 0 Å². The van der Waals surface area contributed by atoms with Crippen molar-refractivity contribution in [1.29, 1.82) is 0 Å². The highest BCUT2D eigenvalue weighted by Crippen LogP contribution is 2.17. The minimum Gasteiger partial charge on any atom is -0.494 e. The van der Waals surface area contributed by atoms with E-state index in [1.807, 2.05) is 24.3 Å². The van der Waals surface area contributed by atoms with Gasteiger partial charge in [-0.15, -0.1) is 0 Å². The maximum Gasteiger partial charge on any atom is 0.195 e. The van der Waals surface area contributed by atoms with Crippen LogP contribution in [0.2, 0.25) is 0 Å². The Labute approximate surface area is 167 Å². The third-order valence-electron chi connectivity index (χ3n) is 5.17. The maximum atomic E-state index is 5.90. The number of piperazine rings is 1. The molecule has 0 amide bonds. The van der Waals surface area contributed by atoms with Crippen LogP contribution in [0.4, 0.5) is 11.4 Å². The summed E-state index contributed by atoms with van der Waals surface area (Å²) < 4.78 is 5.90. The van der Waals surface area contributed by atoms with Crippen LogP contribution in [0.5, 0.6) is 5.75 Å². The number of ether oxygens (including phenoxy) is 1. The molecule has 2 heterocycles. The summed E-state index contributed by atoms with van der Waals surface area (Å²) in [4.78, 5) is 9.34. The molecule has 2 aliphatic rings. The number of hydrogen-bond acceptors (Lipinski definition) is 6. The van der Waals surface area contributed by atoms with E-state index in [0.29, 0.717) is 0 Å². The molecule has 0 bridgehead atoms. The Morgan fingerprint density at radius 3 is 2.46 bits per heavy atom. The molecular formula is C22H29N5O. The highest BCUT2D eigenvalue weighted by atomic mass is 16.5. The fraction of sp³-hybridized carbons (Fsp3) is 0.409. The first-order valence-electron chi connectivity index (χ1n) is 10.2. The van der Waals surface area contributed by atoms with E-state index in [4.69, 9.17) is 4.74 Å². The van der Waals surface area contributed by atoms with Gasteiger partial charge in [0.05, 0.1) is 13.2 Å². The summed E-state index contributed by atoms with van der Waals surface area (Å²) in [6.45, 7) is 8.02. The van der Waals surface area contributed by atoms with Gasteiger partial charge in [0.15, 0.2) is 5.96 Å². The van der Waals surface area contributed by atoms with Crippen LogP contribution in [0.3, 0.4) is 0 Å². The number of nitrogens with zero attached hydrogens (tertiary/aromatic N) is 3. The third kappa shape index (κ3) is 5.16. The molecule has 0 radical (unpaired) electrons. The fourth-order valence-corrected chi connectivity index (χ4v) is 3.60. The van der Waals surface area contributed by atoms with Gasteiger partial charge in [0.25, 0.3) is 0 Å². The monoisotopic (exact) mass is 379 g/mol. The fourth-order valence-electron chi connectivity index (χ4n) is 3.60. The summed E-state index contributed by atoms with van der Waals surface area (Å²) in [5.74, 6) is 1.77. The number of anilines is 2. The first kappa shape index (κ1) is 18.6. The molecule has 0 saturated carbocycles. The Morgan fingerprint density at radius 1 is 0.964 bits per heavy atom. The minimum absolute atomic E-state index is 0.750. The van der Waals surface area contributed by atoms with Gasteiger partial charge >= 0.3 is 0 Å². The molecule has 6 heteroatoms. The lowest BCUT2D eigenvalue weighted by atomic mass is 10.2. The average molecular weight is 380 g/mol. The predicted molar refractivity (Wildman–Crippen MR) is 116 cm³/mol. The van der Waals surface area contributed by atoms with Gasteiger partial charge in [0, 0.05) is 50.6 Å². The Kier molecular flexibility index (Phi) is 6.29. The molecular weight excluding hydrogens is 350 g/mol. The van der Waals surface area contributed by atoms with E-state index in [1.54, 1.807) is 0 Å². The molecule has 6 nitrogen and oxygen atoms in total. The smallest absolute Gasteiger partial charge is 0.195 e. The zero-order valence-corrected chi connectivity index (χ0v) is 16.3. The van der Waals surface area contributed by atoms with Crippen molar-refractivity contribution in [2.24, 2.45) is 4.99 Å². The second-order valence-corrected chi connectivity index (χ2v) is 7.17. The van der Waals surface area contributed by atoms with Crippen LogP contribution in [0.1, 0.15) is 6.42 Å². The first-order valence-corrected chi connectivity index (χ1v) is 10.2. The van der Waals surface area contributed by atoms with Crippen LogP contribution in [-0.4, -0.2) is 63.3 Å². The van der Waals surface area contributed by atoms with Crippen molar-refractivity contribution in [1.82, 2.24) is 10.2 Å². The van der Waals surface area contributed by atoms with Crippen LogP contribution in [-0.2, 0) is 0 Å². The number of para-hydroxylation sites is 1. The van der Waals surface area contributed by atoms with Crippen molar-refractivity contribution in [2.75, 3.05) is 62.6 Å². The molecule has 0 unspecified atom stereocenters. The summed E-state index contributed by atoms with van der Waals surface area (Å²) in [5, 5.41) is 6.47. The van der Waals surface area contributed by atoms with Crippen molar-refractivity contribution in [3.05, 3.63) is 54.6 Å². The van der Waals surface area contributed by atoms with Crippen molar-refractivity contribution in [3.8, 4) is 5.75 Å². The largest absolute Gasteiger partial charge is 0.494 e. The summed E-state index contributed by atoms with van der Waals surface area (Å²) in [5.41, 5.74) is 2.36. The molecule has 28 heavy (non-hydrogen) atoms. The molecule has 2 aromatic rings. The summed E-state index contributed by atoms with van der Waals surface area (Å²) in [6, 6.07) is 18.8. The van der Waals surface area contributed by atoms with Gasteiger partial charge in [-0.2, -0.15) is 0 Å². The molecule has 2 N–H and O–H groups in total. The van der Waals surface area contributed by atoms with Crippen LogP contribution < -0.4 is 20.3 Å². The minimum atomic E-state index is 0.750. The van der Waals surface area contributed by atoms with E-state index in [0.717, 1.165) is 76.2 Å². The predicted octanol–water partition coefficient (Wildman–Crippen LogP) is 2.65. The lowest BCUT2D eigenvalue weighted by Gasteiger charge is -2.36. The Balaban J connectivity index is 1.12. The van der Waals surface area contributed by atoms with Gasteiger partial charge < -0.3 is 20.3 Å². The van der Waals surface area contributed by atoms with Gasteiger partial charge in [-0.25, -0.2) is 0 Å². The molecule has 0 aromatic heterocycles. The van der Waals surface area contributed by atoms with Gasteiger partial charge in [0.1, 0.15) is 5.75 Å². The van der Waals surface area contributed by atoms with Gasteiger partial charge in [-0.3, -0.25) is 9.89 Å². The standard InChI is InChI=1S/C22H29N5O/c1-2-5-20(6-3-1)27-16-14-26(15-17-27)13-4-18-28-21-9-7-19(8-10-21)25-22-23-11-12-24-22/h1-3,5-10H,4,11-18H2,(H2,23,24,25). The molecule has 0 atom stereocenters. The molecule has 1 saturated heterocycles. The Morgan fingerprint density at radius 2 is 1.75 bits per heavy atom. The highest BCUT2D eigenvalue weighted by molar-refractivity contribution is 5.94. The second-order valence-electron chi connectivity index (χ2n) is 7.17. The van der Waals surface area contributed by atoms with Crippen LogP contribution in [0.15, 0.2) is 59.6 Å². The Hall–Kier alpha value is -2.73. The van der Waals surface area contributed by atoms with Crippen molar-refractivity contribution in [3.63, 3.8) is 0 Å². The number of nitrogens with one attached hydrogen (secondary N) is 2. The van der Waals surface area contributed by atoms with Gasteiger partial charge in [0.2, 0.25) is 0 Å². The molecule has 0 aliphatic carbocycles. The molecule has 2 aliphatic heterocycles. The van der Waals surface area contributed by atoms with E-state index >= 15 is 0 Å². The number of hydrogen-bond donors (Lipinski definition) is 2. The SMILES string of the molecule is c1ccc(N2CCN(CCCOc3ccc(NC4=NCCN4)cc3)CC2)cc1. The van der Waals surface area contributed by atoms with E-state index in [1.165, 1.54) is 5.69 Å². The summed E-state index contributed by atoms with van der Waals surface area (Å²) in [6.07, 6.45) is 1.05. The number of aliphatic imine (C=N–C) groups is 1. The molecule has 1 fully saturated rings. The van der Waals surface area contributed by atoms with E-state index in [-0.39, 0.29) is 0 Å². The number of benzene rings is 2. The summed E-state index contributed by atoms with van der Waals surface area (Å²) >= 11 is 0. The van der Waals surface area contributed by atoms with E-state index < -0.39 is 0 Å². The van der Waals surface area contributed by atoms with Crippen molar-refractivity contribution in [2.45, 2.75) is 6.42 Å². The van der Waals surface area contributed by atoms with Crippen LogP contribution in [0, 0.1) is 0 Å². The zero-order chi connectivity index (χ0) is 19.0. The first-order chi connectivity index (χ1) is 13.9. The molecule has 0 spiro atoms. The topological polar surface area (TPSA) is 52.1 Å². The quantitative estimate of drug-likeness (QED) is 0.725. The Bertz CT molecular complexity index is 754. The van der Waals surface area contributed by atoms with Crippen molar-refractivity contribution >= 4 is 17.3 Å². The van der Waals surface area contributed by atoms with E-state index in [2.05, 4.69) is 55.8 Å². The maximum absolute atomic E-state index is 5.90. The molecule has 4 rings (SSSR count). The van der Waals surface area contributed by atoms with Gasteiger partial charge in [-0.05, 0) is 42.8 Å². The second kappa shape index (κ2) is 9.46. The molecule has 2 aromatic carbocycles. The van der Waals surface area contributed by atoms with Crippen LogP contribution in [0.25, 0.3) is 0 Å². The zero-order valence-electron chi connectivity index (χ0n) is 16.3. The van der Waals surface area contributed by atoms with Gasteiger partial charge in [-0.1, -0.05) is 18.2 Å². The number of rotatable bonds is 7.